The van der Waals surface area contributed by atoms with Crippen molar-refractivity contribution in [2.75, 3.05) is 10.6 Å². The smallest absolute Gasteiger partial charge is 0.253 e. The number of nitrogens with zero attached hydrogens (tertiary/aromatic N) is 4. The Morgan fingerprint density at radius 2 is 1.72 bits per heavy atom. The van der Waals surface area contributed by atoms with Crippen LogP contribution in [-0.2, 0) is 11.3 Å². The number of carbonyl (C=O) groups is 1. The Bertz CT molecular complexity index is 975. The van der Waals surface area contributed by atoms with Gasteiger partial charge in [-0.15, -0.1) is 0 Å². The number of para-hydroxylation sites is 2. The third-order valence-electron chi connectivity index (χ3n) is 3.97. The number of rotatable bonds is 2. The van der Waals surface area contributed by atoms with Gasteiger partial charge in [-0.25, -0.2) is 4.68 Å². The molecule has 1 amide bonds. The molecule has 2 aromatic carbocycles. The number of amides is 1. The molecule has 2 N–H and O–H groups in total. The number of hydrogen-bond acceptors (Lipinski definition) is 5. The summed E-state index contributed by atoms with van der Waals surface area (Å²) in [5.74, 6) is 0.0308. The summed E-state index contributed by atoms with van der Waals surface area (Å²) in [7, 11) is 0. The third-order valence-corrected chi connectivity index (χ3v) is 5.10. The fourth-order valence-electron chi connectivity index (χ4n) is 2.78. The fraction of sp³-hybridized carbons (Fsp3) is 0.0556. The first-order valence-electron chi connectivity index (χ1n) is 7.59. The van der Waals surface area contributed by atoms with Crippen molar-refractivity contribution < 1.29 is 4.79 Å². The molecule has 3 aromatic rings. The van der Waals surface area contributed by atoms with E-state index >= 15 is 0 Å². The Labute approximate surface area is 148 Å². The highest BCUT2D eigenvalue weighted by molar-refractivity contribution is 7.99. The average Bonchev–Trinajstić information content (AvgIpc) is 2.99. The number of benzene rings is 2. The summed E-state index contributed by atoms with van der Waals surface area (Å²) < 4.78 is 1.36. The van der Waals surface area contributed by atoms with Gasteiger partial charge in [0, 0.05) is 9.79 Å². The van der Waals surface area contributed by atoms with E-state index in [1.807, 2.05) is 54.6 Å². The summed E-state index contributed by atoms with van der Waals surface area (Å²) in [6, 6.07) is 17.5. The molecule has 0 atom stereocenters. The van der Waals surface area contributed by atoms with Crippen LogP contribution in [0.2, 0.25) is 0 Å². The van der Waals surface area contributed by atoms with E-state index in [-0.39, 0.29) is 23.8 Å². The van der Waals surface area contributed by atoms with E-state index < -0.39 is 0 Å². The molecule has 4 rings (SSSR count). The number of nitrogens with two attached hydrogens (primary N) is 1. The SMILES string of the molecule is N#Cc1cnn(CC(=O)N2c3ccccc3Sc3ccccc32)c1N. The van der Waals surface area contributed by atoms with Crippen molar-refractivity contribution in [3.63, 3.8) is 0 Å². The van der Waals surface area contributed by atoms with Crippen LogP contribution < -0.4 is 10.6 Å². The van der Waals surface area contributed by atoms with Crippen molar-refractivity contribution >= 4 is 34.9 Å². The molecule has 6 nitrogen and oxygen atoms in total. The van der Waals surface area contributed by atoms with Crippen LogP contribution in [0.5, 0.6) is 0 Å². The van der Waals surface area contributed by atoms with E-state index in [4.69, 9.17) is 11.0 Å². The summed E-state index contributed by atoms with van der Waals surface area (Å²) in [6.45, 7) is -0.0408. The molecule has 0 saturated carbocycles. The van der Waals surface area contributed by atoms with Crippen LogP contribution in [0.1, 0.15) is 5.56 Å². The van der Waals surface area contributed by atoms with Gasteiger partial charge < -0.3 is 5.73 Å². The van der Waals surface area contributed by atoms with Crippen LogP contribution in [0.4, 0.5) is 17.2 Å². The van der Waals surface area contributed by atoms with Crippen molar-refractivity contribution in [2.24, 2.45) is 0 Å². The summed E-state index contributed by atoms with van der Waals surface area (Å²) in [6.07, 6.45) is 1.37. The Morgan fingerprint density at radius 1 is 1.12 bits per heavy atom. The van der Waals surface area contributed by atoms with E-state index in [2.05, 4.69) is 5.10 Å². The standard InChI is InChI=1S/C18H13N5OS/c19-9-12-10-21-22(18(12)20)11-17(24)23-13-5-1-3-7-15(13)25-16-8-4-2-6-14(16)23/h1-8,10H,11,20H2. The van der Waals surface area contributed by atoms with Gasteiger partial charge >= 0.3 is 0 Å². The van der Waals surface area contributed by atoms with Crippen molar-refractivity contribution in [3.05, 3.63) is 60.3 Å². The Balaban J connectivity index is 1.75. The van der Waals surface area contributed by atoms with Gasteiger partial charge in [-0.05, 0) is 24.3 Å². The normalized spacial score (nSPS) is 12.2. The van der Waals surface area contributed by atoms with Crippen molar-refractivity contribution in [3.8, 4) is 6.07 Å². The molecule has 25 heavy (non-hydrogen) atoms. The number of carbonyl (C=O) groups excluding carboxylic acids is 1. The highest BCUT2D eigenvalue weighted by Crippen LogP contribution is 2.47. The van der Waals surface area contributed by atoms with E-state index in [1.165, 1.54) is 10.9 Å². The van der Waals surface area contributed by atoms with Crippen LogP contribution in [0.3, 0.4) is 0 Å². The molecule has 1 aliphatic heterocycles. The lowest BCUT2D eigenvalue weighted by molar-refractivity contribution is -0.118. The second kappa shape index (κ2) is 6.00. The number of aromatic nitrogens is 2. The van der Waals surface area contributed by atoms with Crippen molar-refractivity contribution in [1.29, 1.82) is 5.26 Å². The Hall–Kier alpha value is -3.24. The van der Waals surface area contributed by atoms with Gasteiger partial charge in [0.25, 0.3) is 5.91 Å². The molecule has 0 aliphatic carbocycles. The topological polar surface area (TPSA) is 87.9 Å². The second-order valence-corrected chi connectivity index (χ2v) is 6.56. The van der Waals surface area contributed by atoms with Crippen molar-refractivity contribution in [2.45, 2.75) is 16.3 Å². The average molecular weight is 347 g/mol. The van der Waals surface area contributed by atoms with E-state index in [1.54, 1.807) is 16.7 Å². The predicted molar refractivity (Wildman–Crippen MR) is 95.5 cm³/mol. The monoisotopic (exact) mass is 347 g/mol. The minimum absolute atomic E-state index is 0.0408. The molecular weight excluding hydrogens is 334 g/mol. The Kier molecular flexibility index (Phi) is 3.67. The van der Waals surface area contributed by atoms with E-state index in [0.29, 0.717) is 0 Å². The molecule has 0 saturated heterocycles. The fourth-order valence-corrected chi connectivity index (χ4v) is 3.84. The van der Waals surface area contributed by atoms with Crippen LogP contribution in [0.15, 0.2) is 64.5 Å². The predicted octanol–water partition coefficient (Wildman–Crippen LogP) is 3.17. The molecule has 2 heterocycles. The van der Waals surface area contributed by atoms with Crippen LogP contribution in [-0.4, -0.2) is 15.7 Å². The molecule has 0 spiro atoms. The van der Waals surface area contributed by atoms with Gasteiger partial charge in [0.2, 0.25) is 0 Å². The maximum atomic E-state index is 13.1. The number of anilines is 3. The summed E-state index contributed by atoms with van der Waals surface area (Å²) >= 11 is 1.64. The minimum Gasteiger partial charge on any atom is -0.383 e. The molecule has 7 heteroatoms. The van der Waals surface area contributed by atoms with E-state index in [9.17, 15) is 4.79 Å². The first kappa shape index (κ1) is 15.3. The maximum Gasteiger partial charge on any atom is 0.253 e. The molecule has 122 valence electrons. The van der Waals surface area contributed by atoms with Crippen LogP contribution in [0, 0.1) is 11.3 Å². The second-order valence-electron chi connectivity index (χ2n) is 5.48. The molecule has 0 radical (unpaired) electrons. The van der Waals surface area contributed by atoms with Gasteiger partial charge in [0.1, 0.15) is 24.0 Å². The quantitative estimate of drug-likeness (QED) is 0.769. The van der Waals surface area contributed by atoms with Gasteiger partial charge in [-0.3, -0.25) is 9.69 Å². The number of nitrogen functional groups attached to an aromatic ring is 1. The minimum atomic E-state index is -0.167. The summed E-state index contributed by atoms with van der Waals surface area (Å²) in [4.78, 5) is 16.8. The first-order valence-corrected chi connectivity index (χ1v) is 8.41. The van der Waals surface area contributed by atoms with Gasteiger partial charge in [-0.2, -0.15) is 10.4 Å². The Morgan fingerprint density at radius 3 is 2.28 bits per heavy atom. The van der Waals surface area contributed by atoms with Crippen LogP contribution in [0.25, 0.3) is 0 Å². The van der Waals surface area contributed by atoms with Gasteiger partial charge in [-0.1, -0.05) is 36.0 Å². The zero-order valence-electron chi connectivity index (χ0n) is 13.1. The van der Waals surface area contributed by atoms with Crippen LogP contribution >= 0.6 is 11.8 Å². The summed E-state index contributed by atoms with van der Waals surface area (Å²) in [5.41, 5.74) is 7.82. The molecule has 1 aromatic heterocycles. The molecule has 0 unspecified atom stereocenters. The third kappa shape index (κ3) is 2.53. The summed E-state index contributed by atoms with van der Waals surface area (Å²) in [5, 5.41) is 13.0. The molecular formula is C18H13N5OS. The number of hydrogen-bond donors (Lipinski definition) is 1. The lowest BCUT2D eigenvalue weighted by Gasteiger charge is -2.31. The van der Waals surface area contributed by atoms with Crippen molar-refractivity contribution in [1.82, 2.24) is 9.78 Å². The zero-order chi connectivity index (χ0) is 17.4. The largest absolute Gasteiger partial charge is 0.383 e. The molecule has 0 bridgehead atoms. The van der Waals surface area contributed by atoms with E-state index in [0.717, 1.165) is 21.2 Å². The lowest BCUT2D eigenvalue weighted by atomic mass is 10.2. The van der Waals surface area contributed by atoms with Gasteiger partial charge in [0.05, 0.1) is 17.6 Å². The van der Waals surface area contributed by atoms with Gasteiger partial charge in [0.15, 0.2) is 0 Å². The maximum absolute atomic E-state index is 13.1. The number of fused-ring (bicyclic) bond motifs is 2. The first-order chi connectivity index (χ1) is 12.2. The zero-order valence-corrected chi connectivity index (χ0v) is 13.9. The molecule has 0 fully saturated rings. The molecule has 1 aliphatic rings. The highest BCUT2D eigenvalue weighted by atomic mass is 32.2. The lowest BCUT2D eigenvalue weighted by Crippen LogP contribution is -2.32. The highest BCUT2D eigenvalue weighted by Gasteiger charge is 2.28. The number of nitriles is 1.